The quantitative estimate of drug-likeness (QED) is 0.423. The highest BCUT2D eigenvalue weighted by molar-refractivity contribution is 9.10. The van der Waals surface area contributed by atoms with E-state index < -0.39 is 5.97 Å². The average molecular weight is 382 g/mol. The van der Waals surface area contributed by atoms with Gasteiger partial charge in [0.2, 0.25) is 0 Å². The summed E-state index contributed by atoms with van der Waals surface area (Å²) in [5.74, 6) is 0.600. The maximum Gasteiger partial charge on any atom is 0.336 e. The largest absolute Gasteiger partial charge is 0.497 e. The molecular formula is C17H14BrClO3. The van der Waals surface area contributed by atoms with Crippen LogP contribution in [0.3, 0.4) is 0 Å². The number of carbonyl (C=O) groups excluding carboxylic acids is 1. The highest BCUT2D eigenvalue weighted by Crippen LogP contribution is 2.32. The second kappa shape index (κ2) is 7.47. The second-order valence-corrected chi connectivity index (χ2v) is 5.89. The summed E-state index contributed by atoms with van der Waals surface area (Å²) in [7, 11) is 1.59. The van der Waals surface area contributed by atoms with Gasteiger partial charge < -0.3 is 9.47 Å². The summed E-state index contributed by atoms with van der Waals surface area (Å²) in [6.07, 6.45) is 3.01. The molecule has 0 aliphatic rings. The number of benzene rings is 2. The lowest BCUT2D eigenvalue weighted by Gasteiger charge is -2.08. The molecule has 0 aliphatic heterocycles. The fourth-order valence-corrected chi connectivity index (χ4v) is 2.87. The maximum absolute atomic E-state index is 11.9. The molecule has 22 heavy (non-hydrogen) atoms. The molecule has 0 fully saturated rings. The van der Waals surface area contributed by atoms with Crippen LogP contribution >= 0.6 is 27.5 Å². The number of esters is 1. The third kappa shape index (κ3) is 4.36. The summed E-state index contributed by atoms with van der Waals surface area (Å²) in [4.78, 5) is 11.9. The van der Waals surface area contributed by atoms with E-state index in [0.717, 1.165) is 21.3 Å². The fourth-order valence-electron chi connectivity index (χ4n) is 1.86. The molecule has 0 unspecified atom stereocenters. The molecule has 0 N–H and O–H groups in total. The summed E-state index contributed by atoms with van der Waals surface area (Å²) < 4.78 is 11.3. The number of carbonyl (C=O) groups is 1. The van der Waals surface area contributed by atoms with Gasteiger partial charge in [-0.15, -0.1) is 0 Å². The Morgan fingerprint density at radius 2 is 2.05 bits per heavy atom. The normalized spacial score (nSPS) is 10.7. The van der Waals surface area contributed by atoms with Crippen molar-refractivity contribution in [2.45, 2.75) is 6.92 Å². The van der Waals surface area contributed by atoms with Gasteiger partial charge in [-0.1, -0.05) is 39.7 Å². The van der Waals surface area contributed by atoms with Crippen molar-refractivity contribution in [2.24, 2.45) is 0 Å². The van der Waals surface area contributed by atoms with Crippen LogP contribution in [0.2, 0.25) is 5.02 Å². The van der Waals surface area contributed by atoms with Crippen LogP contribution in [0.4, 0.5) is 0 Å². The highest BCUT2D eigenvalue weighted by atomic mass is 79.9. The van der Waals surface area contributed by atoms with E-state index in [1.54, 1.807) is 19.3 Å². The molecule has 0 aliphatic carbocycles. The van der Waals surface area contributed by atoms with E-state index in [4.69, 9.17) is 21.1 Å². The minimum absolute atomic E-state index is 0.366. The zero-order valence-corrected chi connectivity index (χ0v) is 14.4. The van der Waals surface area contributed by atoms with Crippen LogP contribution in [-0.4, -0.2) is 13.1 Å². The molecule has 5 heteroatoms. The predicted octanol–water partition coefficient (Wildman–Crippen LogP) is 5.04. The van der Waals surface area contributed by atoms with E-state index in [0.29, 0.717) is 10.8 Å². The zero-order valence-electron chi connectivity index (χ0n) is 12.1. The van der Waals surface area contributed by atoms with Crippen molar-refractivity contribution in [3.63, 3.8) is 0 Å². The number of halogens is 2. The van der Waals surface area contributed by atoms with Crippen molar-refractivity contribution >= 4 is 39.6 Å². The van der Waals surface area contributed by atoms with Gasteiger partial charge in [-0.25, -0.2) is 4.79 Å². The standard InChI is InChI=1S/C17H14BrClO3/c1-11-8-13(18)10-15(19)17(11)22-16(20)7-6-12-4-3-5-14(9-12)21-2/h3-10H,1-2H3/b7-6+. The molecule has 0 aromatic heterocycles. The molecule has 0 heterocycles. The predicted molar refractivity (Wildman–Crippen MR) is 91.6 cm³/mol. The number of rotatable bonds is 4. The second-order valence-electron chi connectivity index (χ2n) is 4.56. The number of methoxy groups -OCH3 is 1. The van der Waals surface area contributed by atoms with Crippen LogP contribution in [0.15, 0.2) is 46.9 Å². The zero-order chi connectivity index (χ0) is 16.1. The van der Waals surface area contributed by atoms with E-state index in [-0.39, 0.29) is 0 Å². The topological polar surface area (TPSA) is 35.5 Å². The van der Waals surface area contributed by atoms with Crippen molar-refractivity contribution in [1.29, 1.82) is 0 Å². The Balaban J connectivity index is 2.11. The van der Waals surface area contributed by atoms with Crippen LogP contribution < -0.4 is 9.47 Å². The van der Waals surface area contributed by atoms with E-state index in [1.807, 2.05) is 37.3 Å². The lowest BCUT2D eigenvalue weighted by molar-refractivity contribution is -0.128. The lowest BCUT2D eigenvalue weighted by atomic mass is 10.2. The van der Waals surface area contributed by atoms with Crippen LogP contribution in [0.5, 0.6) is 11.5 Å². The molecule has 0 amide bonds. The Morgan fingerprint density at radius 3 is 2.73 bits per heavy atom. The van der Waals surface area contributed by atoms with Gasteiger partial charge in [0.25, 0.3) is 0 Å². The molecule has 3 nitrogen and oxygen atoms in total. The molecular weight excluding hydrogens is 368 g/mol. The van der Waals surface area contributed by atoms with Gasteiger partial charge in [0, 0.05) is 10.5 Å². The lowest BCUT2D eigenvalue weighted by Crippen LogP contribution is -2.05. The van der Waals surface area contributed by atoms with Crippen molar-refractivity contribution in [3.05, 3.63) is 63.1 Å². The third-order valence-electron chi connectivity index (χ3n) is 2.90. The Hall–Kier alpha value is -1.78. The van der Waals surface area contributed by atoms with E-state index in [9.17, 15) is 4.79 Å². The highest BCUT2D eigenvalue weighted by Gasteiger charge is 2.10. The minimum atomic E-state index is -0.491. The molecule has 0 saturated carbocycles. The van der Waals surface area contributed by atoms with Crippen LogP contribution in [0, 0.1) is 6.92 Å². The summed E-state index contributed by atoms with van der Waals surface area (Å²) in [6, 6.07) is 10.9. The maximum atomic E-state index is 11.9. The molecule has 0 radical (unpaired) electrons. The molecule has 0 bridgehead atoms. The van der Waals surface area contributed by atoms with Crippen molar-refractivity contribution in [2.75, 3.05) is 7.11 Å². The van der Waals surface area contributed by atoms with Crippen LogP contribution in [0.25, 0.3) is 6.08 Å². The van der Waals surface area contributed by atoms with Gasteiger partial charge in [-0.2, -0.15) is 0 Å². The fraction of sp³-hybridized carbons (Fsp3) is 0.118. The molecule has 2 rings (SSSR count). The Morgan fingerprint density at radius 1 is 1.27 bits per heavy atom. The molecule has 114 valence electrons. The van der Waals surface area contributed by atoms with E-state index in [2.05, 4.69) is 15.9 Å². The van der Waals surface area contributed by atoms with Crippen molar-refractivity contribution in [1.82, 2.24) is 0 Å². The molecule has 2 aromatic carbocycles. The van der Waals surface area contributed by atoms with Gasteiger partial charge in [-0.3, -0.25) is 0 Å². The monoisotopic (exact) mass is 380 g/mol. The number of ether oxygens (including phenoxy) is 2. The smallest absolute Gasteiger partial charge is 0.336 e. The molecule has 0 atom stereocenters. The van der Waals surface area contributed by atoms with Gasteiger partial charge in [0.05, 0.1) is 12.1 Å². The summed E-state index contributed by atoms with van der Waals surface area (Å²) in [5.41, 5.74) is 1.62. The van der Waals surface area contributed by atoms with E-state index >= 15 is 0 Å². The van der Waals surface area contributed by atoms with Gasteiger partial charge >= 0.3 is 5.97 Å². The van der Waals surface area contributed by atoms with Crippen LogP contribution in [0.1, 0.15) is 11.1 Å². The van der Waals surface area contributed by atoms with Gasteiger partial charge in [0.15, 0.2) is 5.75 Å². The summed E-state index contributed by atoms with van der Waals surface area (Å²) in [6.45, 7) is 1.82. The summed E-state index contributed by atoms with van der Waals surface area (Å²) >= 11 is 9.43. The van der Waals surface area contributed by atoms with Crippen molar-refractivity contribution in [3.8, 4) is 11.5 Å². The first-order valence-electron chi connectivity index (χ1n) is 6.49. The first kappa shape index (κ1) is 16.6. The molecule has 0 saturated heterocycles. The molecule has 0 spiro atoms. The number of hydrogen-bond acceptors (Lipinski definition) is 3. The van der Waals surface area contributed by atoms with E-state index in [1.165, 1.54) is 6.08 Å². The Bertz CT molecular complexity index is 703. The van der Waals surface area contributed by atoms with Crippen molar-refractivity contribution < 1.29 is 14.3 Å². The first-order valence-corrected chi connectivity index (χ1v) is 7.66. The van der Waals surface area contributed by atoms with Gasteiger partial charge in [0.1, 0.15) is 5.75 Å². The van der Waals surface area contributed by atoms with Crippen LogP contribution in [-0.2, 0) is 4.79 Å². The molecule has 2 aromatic rings. The first-order chi connectivity index (χ1) is 10.5. The SMILES string of the molecule is COc1cccc(/C=C/C(=O)Oc2c(C)cc(Br)cc2Cl)c1. The number of aryl methyl sites for hydroxylation is 1. The Labute approximate surface area is 142 Å². The minimum Gasteiger partial charge on any atom is -0.497 e. The van der Waals surface area contributed by atoms with Gasteiger partial charge in [-0.05, 0) is 48.4 Å². The average Bonchev–Trinajstić information content (AvgIpc) is 2.49. The third-order valence-corrected chi connectivity index (χ3v) is 3.64. The number of hydrogen-bond donors (Lipinski definition) is 0. The summed E-state index contributed by atoms with van der Waals surface area (Å²) in [5, 5.41) is 0.384. The Kier molecular flexibility index (Phi) is 5.63.